The summed E-state index contributed by atoms with van der Waals surface area (Å²) in [5.41, 5.74) is 0. The first kappa shape index (κ1) is 13.8. The van der Waals surface area contributed by atoms with Crippen molar-refractivity contribution in [3.8, 4) is 0 Å². The van der Waals surface area contributed by atoms with Crippen molar-refractivity contribution in [3.63, 3.8) is 0 Å². The molecule has 0 aliphatic carbocycles. The third kappa shape index (κ3) is 5.55. The van der Waals surface area contributed by atoms with Gasteiger partial charge in [0.05, 0.1) is 0 Å². The summed E-state index contributed by atoms with van der Waals surface area (Å²) in [6.07, 6.45) is -5.92. The molecule has 5 nitrogen and oxygen atoms in total. The maximum absolute atomic E-state index is 11.7. The van der Waals surface area contributed by atoms with Crippen molar-refractivity contribution in [2.45, 2.75) is 6.18 Å². The van der Waals surface area contributed by atoms with Crippen LogP contribution in [0.4, 0.5) is 23.8 Å². The van der Waals surface area contributed by atoms with Gasteiger partial charge in [-0.2, -0.15) is 13.2 Å². The molecular weight excluding hydrogens is 286 g/mol. The zero-order chi connectivity index (χ0) is 13.1. The lowest BCUT2D eigenvalue weighted by Gasteiger charge is -2.08. The average molecular weight is 290 g/mol. The lowest BCUT2D eigenvalue weighted by Crippen LogP contribution is -2.23. The van der Waals surface area contributed by atoms with E-state index >= 15 is 0 Å². The Kier molecular flexibility index (Phi) is 4.35. The summed E-state index contributed by atoms with van der Waals surface area (Å²) in [5.74, 6) is -0.165. The van der Waals surface area contributed by atoms with Crippen molar-refractivity contribution < 1.29 is 22.7 Å². The highest BCUT2D eigenvalue weighted by Crippen LogP contribution is 2.16. The van der Waals surface area contributed by atoms with Gasteiger partial charge in [-0.05, 0) is 11.6 Å². The molecule has 0 radical (unpaired) electrons. The van der Waals surface area contributed by atoms with Crippen LogP contribution >= 0.6 is 23.2 Å². The third-order valence-electron chi connectivity index (χ3n) is 1.26. The summed E-state index contributed by atoms with van der Waals surface area (Å²) in [7, 11) is 0. The van der Waals surface area contributed by atoms with Crippen LogP contribution in [0.15, 0.2) is 6.07 Å². The quantitative estimate of drug-likeness (QED) is 0.672. The number of hydrogen-bond donors (Lipinski definition) is 1. The van der Waals surface area contributed by atoms with E-state index in [1.807, 2.05) is 5.32 Å². The van der Waals surface area contributed by atoms with Crippen molar-refractivity contribution in [2.24, 2.45) is 0 Å². The number of hydrogen-bond acceptors (Lipinski definition) is 4. The Balaban J connectivity index is 2.56. The maximum Gasteiger partial charge on any atom is 0.422 e. The van der Waals surface area contributed by atoms with E-state index in [0.717, 1.165) is 6.07 Å². The molecule has 0 atom stereocenters. The van der Waals surface area contributed by atoms with Gasteiger partial charge in [-0.25, -0.2) is 14.8 Å². The van der Waals surface area contributed by atoms with Crippen LogP contribution in [0.3, 0.4) is 0 Å². The highest BCUT2D eigenvalue weighted by atomic mass is 35.5. The number of halogens is 5. The first-order chi connectivity index (χ1) is 7.76. The molecule has 1 heterocycles. The lowest BCUT2D eigenvalue weighted by molar-refractivity contribution is -0.159. The summed E-state index contributed by atoms with van der Waals surface area (Å²) in [5, 5.41) is 1.58. The fourth-order valence-corrected chi connectivity index (χ4v) is 1.15. The van der Waals surface area contributed by atoms with Crippen molar-refractivity contribution >= 4 is 35.1 Å². The Morgan fingerprint density at radius 1 is 1.41 bits per heavy atom. The number of anilines is 1. The van der Waals surface area contributed by atoms with E-state index < -0.39 is 18.9 Å². The standard InChI is InChI=1S/C7H4Cl2F3N3O2/c8-3-1-4(14-5(9)13-3)15-6(16)17-2-7(10,11)12/h1H,2H2,(H,13,14,15,16). The Morgan fingerprint density at radius 2 is 2.06 bits per heavy atom. The molecule has 0 bridgehead atoms. The largest absolute Gasteiger partial charge is 0.440 e. The van der Waals surface area contributed by atoms with Crippen LogP contribution in [0.1, 0.15) is 0 Å². The van der Waals surface area contributed by atoms with Crippen LogP contribution in [-0.4, -0.2) is 28.8 Å². The van der Waals surface area contributed by atoms with Gasteiger partial charge in [-0.3, -0.25) is 5.32 Å². The van der Waals surface area contributed by atoms with Gasteiger partial charge >= 0.3 is 12.3 Å². The van der Waals surface area contributed by atoms with E-state index in [1.165, 1.54) is 0 Å². The predicted octanol–water partition coefficient (Wildman–Crippen LogP) is 2.89. The average Bonchev–Trinajstić information content (AvgIpc) is 2.11. The highest BCUT2D eigenvalue weighted by Gasteiger charge is 2.29. The molecule has 0 fully saturated rings. The summed E-state index contributed by atoms with van der Waals surface area (Å²) in [4.78, 5) is 17.9. The van der Waals surface area contributed by atoms with Crippen LogP contribution in [0.25, 0.3) is 0 Å². The molecule has 1 aromatic heterocycles. The summed E-state index contributed by atoms with van der Waals surface area (Å²) in [6, 6.07) is 1.10. The van der Waals surface area contributed by atoms with Crippen molar-refractivity contribution in [1.82, 2.24) is 9.97 Å². The van der Waals surface area contributed by atoms with Crippen LogP contribution in [0, 0.1) is 0 Å². The first-order valence-electron chi connectivity index (χ1n) is 3.97. The van der Waals surface area contributed by atoms with Gasteiger partial charge < -0.3 is 4.74 Å². The van der Waals surface area contributed by atoms with Crippen molar-refractivity contribution in [3.05, 3.63) is 16.5 Å². The normalized spacial score (nSPS) is 11.1. The number of carbonyl (C=O) groups is 1. The molecule has 1 amide bonds. The number of alkyl halides is 3. The van der Waals surface area contributed by atoms with Gasteiger partial charge in [0, 0.05) is 6.07 Å². The van der Waals surface area contributed by atoms with Crippen LogP contribution in [0.5, 0.6) is 0 Å². The van der Waals surface area contributed by atoms with Gasteiger partial charge in [0.25, 0.3) is 0 Å². The van der Waals surface area contributed by atoms with Crippen LogP contribution in [0.2, 0.25) is 10.4 Å². The number of carbonyl (C=O) groups excluding carboxylic acids is 1. The minimum Gasteiger partial charge on any atom is -0.440 e. The number of nitrogens with one attached hydrogen (secondary N) is 1. The highest BCUT2D eigenvalue weighted by molar-refractivity contribution is 6.32. The summed E-state index contributed by atoms with van der Waals surface area (Å²) in [6.45, 7) is -1.70. The maximum atomic E-state index is 11.7. The molecule has 94 valence electrons. The van der Waals surface area contributed by atoms with E-state index in [0.29, 0.717) is 0 Å². The van der Waals surface area contributed by atoms with Crippen LogP contribution < -0.4 is 5.32 Å². The fraction of sp³-hybridized carbons (Fsp3) is 0.286. The second-order valence-corrected chi connectivity index (χ2v) is 3.39. The molecule has 1 rings (SSSR count). The van der Waals surface area contributed by atoms with Gasteiger partial charge in [0.1, 0.15) is 11.0 Å². The molecule has 0 spiro atoms. The van der Waals surface area contributed by atoms with Gasteiger partial charge in [-0.1, -0.05) is 11.6 Å². The molecule has 0 saturated heterocycles. The molecule has 10 heteroatoms. The fourth-order valence-electron chi connectivity index (χ4n) is 0.742. The predicted molar refractivity (Wildman–Crippen MR) is 53.1 cm³/mol. The first-order valence-corrected chi connectivity index (χ1v) is 4.72. The number of rotatable bonds is 2. The van der Waals surface area contributed by atoms with Gasteiger partial charge in [0.15, 0.2) is 6.61 Å². The SMILES string of the molecule is O=C(Nc1cc(Cl)nc(Cl)n1)OCC(F)(F)F. The van der Waals surface area contributed by atoms with E-state index in [-0.39, 0.29) is 16.3 Å². The molecule has 17 heavy (non-hydrogen) atoms. The number of amides is 1. The second-order valence-electron chi connectivity index (χ2n) is 2.66. The second kappa shape index (κ2) is 5.37. The van der Waals surface area contributed by atoms with Crippen LogP contribution in [-0.2, 0) is 4.74 Å². The zero-order valence-electron chi connectivity index (χ0n) is 7.89. The Morgan fingerprint density at radius 3 is 2.59 bits per heavy atom. The molecule has 0 aliphatic heterocycles. The number of aromatic nitrogens is 2. The molecule has 1 N–H and O–H groups in total. The molecule has 0 saturated carbocycles. The molecule has 0 unspecified atom stereocenters. The summed E-state index contributed by atoms with van der Waals surface area (Å²) >= 11 is 10.9. The zero-order valence-corrected chi connectivity index (χ0v) is 9.40. The Hall–Kier alpha value is -1.28. The topological polar surface area (TPSA) is 64.1 Å². The monoisotopic (exact) mass is 289 g/mol. The number of nitrogens with zero attached hydrogens (tertiary/aromatic N) is 2. The van der Waals surface area contributed by atoms with Crippen molar-refractivity contribution in [2.75, 3.05) is 11.9 Å². The smallest absolute Gasteiger partial charge is 0.422 e. The molecular formula is C7H4Cl2F3N3O2. The summed E-state index contributed by atoms with van der Waals surface area (Å²) < 4.78 is 39.0. The molecule has 1 aromatic rings. The minimum atomic E-state index is -4.60. The van der Waals surface area contributed by atoms with E-state index in [2.05, 4.69) is 14.7 Å². The van der Waals surface area contributed by atoms with E-state index in [4.69, 9.17) is 23.2 Å². The lowest BCUT2D eigenvalue weighted by atomic mass is 10.6. The Bertz CT molecular complexity index is 407. The molecule has 0 aromatic carbocycles. The minimum absolute atomic E-state index is 0.0730. The Labute approximate surface area is 103 Å². The van der Waals surface area contributed by atoms with Gasteiger partial charge in [-0.15, -0.1) is 0 Å². The van der Waals surface area contributed by atoms with E-state index in [1.54, 1.807) is 0 Å². The van der Waals surface area contributed by atoms with Crippen molar-refractivity contribution in [1.29, 1.82) is 0 Å². The number of ether oxygens (including phenoxy) is 1. The van der Waals surface area contributed by atoms with E-state index in [9.17, 15) is 18.0 Å². The molecule has 0 aliphatic rings. The third-order valence-corrected chi connectivity index (χ3v) is 1.63. The van der Waals surface area contributed by atoms with Gasteiger partial charge in [0.2, 0.25) is 5.28 Å².